The summed E-state index contributed by atoms with van der Waals surface area (Å²) in [5.74, 6) is -5.84. The molecular weight excluding hydrogens is 710 g/mol. The highest BCUT2D eigenvalue weighted by atomic mass is 32.2. The van der Waals surface area contributed by atoms with Crippen LogP contribution in [0.1, 0.15) is 74.1 Å². The van der Waals surface area contributed by atoms with Gasteiger partial charge in [0.15, 0.2) is 11.6 Å². The zero-order chi connectivity index (χ0) is 55.4. The van der Waals surface area contributed by atoms with Crippen LogP contribution in [0.15, 0.2) is 95.9 Å². The number of thioether (sulfide) groups is 1. The molecule has 280 valence electrons. The second-order valence-corrected chi connectivity index (χ2v) is 12.3. The van der Waals surface area contributed by atoms with E-state index in [0.29, 0.717) is 0 Å². The Bertz CT molecular complexity index is 2810. The number of benzene rings is 4. The maximum absolute atomic E-state index is 15.7. The monoisotopic (exact) mass is 771 g/mol. The number of hydrogen-bond acceptors (Lipinski definition) is 6. The summed E-state index contributed by atoms with van der Waals surface area (Å²) in [4.78, 5) is 14.8. The van der Waals surface area contributed by atoms with Crippen LogP contribution in [-0.4, -0.2) is 66.5 Å². The SMILES string of the molecule is [2H]C1=C(SCc2cccc(F)c2F)N(C([2H])([2H])C(=O)N(Cc2ccc(-c3ccc(C(F)(F)F)cc3)cc2)C2([2H])C([2H])([2H])C([2H])([2H])N(C([2H])([2H])COC([2H])([2H])[2H])C([2H])([2H])C2([2H])[2H])c2c([2H])c([2H])c(C)c([2H])c2C1O. The predicted octanol–water partition coefficient (Wildman–Crippen LogP) is 8.73. The number of likely N-dealkylation sites (tertiary alicyclic amines) is 1. The first kappa shape index (κ1) is 20.5. The van der Waals surface area contributed by atoms with Crippen LogP contribution < -0.4 is 4.90 Å². The number of hydrogen-bond donors (Lipinski definition) is 1. The minimum atomic E-state index is -4.71. The average Bonchev–Trinajstić information content (AvgIpc) is 3.28. The van der Waals surface area contributed by atoms with Crippen molar-refractivity contribution in [2.45, 2.75) is 50.3 Å². The molecule has 0 spiro atoms. The summed E-state index contributed by atoms with van der Waals surface area (Å²) in [5, 5.41) is 10.6. The van der Waals surface area contributed by atoms with Crippen molar-refractivity contribution >= 4 is 23.4 Å². The van der Waals surface area contributed by atoms with E-state index in [1.165, 1.54) is 12.1 Å². The molecule has 0 saturated carbocycles. The van der Waals surface area contributed by atoms with Crippen LogP contribution >= 0.6 is 11.8 Å². The van der Waals surface area contributed by atoms with Crippen molar-refractivity contribution in [3.05, 3.63) is 135 Å². The molecule has 53 heavy (non-hydrogen) atoms. The van der Waals surface area contributed by atoms with Crippen LogP contribution in [0.2, 0.25) is 0 Å². The molecule has 1 saturated heterocycles. The van der Waals surface area contributed by atoms with Gasteiger partial charge >= 0.3 is 6.18 Å². The topological polar surface area (TPSA) is 56.3 Å². The van der Waals surface area contributed by atoms with Crippen molar-refractivity contribution in [1.29, 1.82) is 0 Å². The van der Waals surface area contributed by atoms with Crippen LogP contribution in [0.5, 0.6) is 0 Å². The largest absolute Gasteiger partial charge is 0.416 e. The lowest BCUT2D eigenvalue weighted by Gasteiger charge is -2.40. The molecule has 2 aliphatic rings. The summed E-state index contributed by atoms with van der Waals surface area (Å²) in [6, 6.07) is 3.09. The molecule has 0 radical (unpaired) electrons. The lowest BCUT2D eigenvalue weighted by molar-refractivity contribution is -0.137. The molecule has 2 aliphatic heterocycles. The van der Waals surface area contributed by atoms with Gasteiger partial charge in [-0.25, -0.2) is 8.78 Å². The molecule has 1 atom stereocenters. The van der Waals surface area contributed by atoms with Crippen molar-refractivity contribution in [3.63, 3.8) is 0 Å². The Morgan fingerprint density at radius 2 is 1.79 bits per heavy atom. The third kappa shape index (κ3) is 9.29. The summed E-state index contributed by atoms with van der Waals surface area (Å²) in [6.07, 6.45) is -15.9. The van der Waals surface area contributed by atoms with Gasteiger partial charge in [0.1, 0.15) is 12.6 Å². The number of carbonyl (C=O) groups excluding carboxylic acids is 1. The minimum Gasteiger partial charge on any atom is -0.384 e. The standard InChI is InChI=1S/C41H42F5N3O3S/c1-27-6-15-36-34(22-27)37(50)23-39(53-26-31-4-3-5-35(42)40(31)43)49(36)25-38(51)48(33-16-18-47(19-17-33)20-21-52-2)24-28-7-9-29(10-8-28)30-11-13-32(14-12-30)41(44,45)46/h3-15,22-23,33,37,50H,16-21,24-26H2,1-2H3/i2D3,6D,15D,16D2,17D2,18D2,19D2,20D2,22D,23D,25D2,33D. The van der Waals surface area contributed by atoms with Gasteiger partial charge in [0.2, 0.25) is 5.91 Å². The first-order valence-electron chi connectivity index (χ1n) is 25.5. The van der Waals surface area contributed by atoms with Crippen molar-refractivity contribution in [2.75, 3.05) is 44.5 Å². The van der Waals surface area contributed by atoms with Gasteiger partial charge in [-0.1, -0.05) is 66.2 Å². The molecule has 0 aromatic heterocycles. The summed E-state index contributed by atoms with van der Waals surface area (Å²) >= 11 is 0.243. The van der Waals surface area contributed by atoms with Crippen molar-refractivity contribution in [2.24, 2.45) is 0 Å². The maximum Gasteiger partial charge on any atom is 0.416 e. The molecule has 12 heteroatoms. The third-order valence-electron chi connectivity index (χ3n) is 7.73. The van der Waals surface area contributed by atoms with E-state index in [-0.39, 0.29) is 43.8 Å². The number of halogens is 5. The average molecular weight is 772 g/mol. The van der Waals surface area contributed by atoms with E-state index >= 15 is 9.18 Å². The highest BCUT2D eigenvalue weighted by molar-refractivity contribution is 8.02. The van der Waals surface area contributed by atoms with Gasteiger partial charge in [0.25, 0.3) is 0 Å². The zero-order valence-corrected chi connectivity index (χ0v) is 28.3. The van der Waals surface area contributed by atoms with E-state index in [2.05, 4.69) is 4.74 Å². The van der Waals surface area contributed by atoms with Crippen LogP contribution in [0.4, 0.5) is 27.6 Å². The van der Waals surface area contributed by atoms with Crippen LogP contribution in [0.3, 0.4) is 0 Å². The van der Waals surface area contributed by atoms with Crippen LogP contribution in [0.25, 0.3) is 11.1 Å². The van der Waals surface area contributed by atoms with Gasteiger partial charge in [-0.05, 0) is 66.7 Å². The first-order valence-corrected chi connectivity index (χ1v) is 16.5. The normalized spacial score (nSPS) is 27.6. The van der Waals surface area contributed by atoms with Gasteiger partial charge in [0, 0.05) is 75.4 Å². The Balaban J connectivity index is 1.62. The smallest absolute Gasteiger partial charge is 0.384 e. The number of carbonyl (C=O) groups is 1. The molecule has 0 bridgehead atoms. The molecule has 6 nitrogen and oxygen atoms in total. The fraction of sp³-hybridized carbons (Fsp3) is 0.341. The number of aliphatic hydroxyl groups is 1. The van der Waals surface area contributed by atoms with Crippen molar-refractivity contribution < 1.29 is 64.0 Å². The molecule has 4 aromatic rings. The first-order chi connectivity index (χ1) is 33.1. The van der Waals surface area contributed by atoms with Gasteiger partial charge < -0.3 is 24.5 Å². The molecule has 0 aliphatic carbocycles. The number of anilines is 1. The third-order valence-corrected chi connectivity index (χ3v) is 8.76. The number of amides is 1. The summed E-state index contributed by atoms with van der Waals surface area (Å²) in [6.45, 7) is -18.7. The zero-order valence-electron chi connectivity index (χ0n) is 47.5. The summed E-state index contributed by atoms with van der Waals surface area (Å²) in [7, 11) is -3.44. The number of aliphatic hydroxyl groups excluding tert-OH is 1. The fourth-order valence-electron chi connectivity index (χ4n) is 5.09. The van der Waals surface area contributed by atoms with E-state index < -0.39 is 157 Å². The number of methoxy groups -OCH3 is 1. The molecule has 4 aromatic carbocycles. The van der Waals surface area contributed by atoms with Gasteiger partial charge in [-0.2, -0.15) is 13.2 Å². The predicted molar refractivity (Wildman–Crippen MR) is 198 cm³/mol. The summed E-state index contributed by atoms with van der Waals surface area (Å²) in [5.41, 5.74) is -3.45. The van der Waals surface area contributed by atoms with E-state index in [0.717, 1.165) is 61.5 Å². The molecule has 2 heterocycles. The number of rotatable bonds is 12. The molecular formula is C41H42F5N3O3S. The van der Waals surface area contributed by atoms with Crippen LogP contribution in [-0.2, 0) is 28.0 Å². The highest BCUT2D eigenvalue weighted by Gasteiger charge is 2.33. The number of piperidine rings is 1. The Morgan fingerprint density at radius 3 is 2.47 bits per heavy atom. The van der Waals surface area contributed by atoms with Gasteiger partial charge in [-0.3, -0.25) is 4.79 Å². The van der Waals surface area contributed by atoms with Gasteiger partial charge in [-0.15, -0.1) is 11.8 Å². The van der Waals surface area contributed by atoms with E-state index in [4.69, 9.17) is 17.8 Å². The minimum absolute atomic E-state index is 0.151. The van der Waals surface area contributed by atoms with Crippen molar-refractivity contribution in [3.8, 4) is 11.1 Å². The van der Waals surface area contributed by atoms with E-state index in [1.807, 2.05) is 0 Å². The second-order valence-electron chi connectivity index (χ2n) is 11.3. The number of nitrogens with zero attached hydrogens (tertiary/aromatic N) is 3. The summed E-state index contributed by atoms with van der Waals surface area (Å²) < 4.78 is 251. The second kappa shape index (κ2) is 16.8. The molecule has 1 N–H and O–H groups in total. The van der Waals surface area contributed by atoms with Gasteiger partial charge in [0.05, 0.1) is 30.9 Å². The van der Waals surface area contributed by atoms with Crippen LogP contribution in [0, 0.1) is 18.6 Å². The highest BCUT2D eigenvalue weighted by Crippen LogP contribution is 2.41. The Kier molecular flexibility index (Phi) is 6.50. The van der Waals surface area contributed by atoms with E-state index in [9.17, 15) is 32.3 Å². The fourth-order valence-corrected chi connectivity index (χ4v) is 6.07. The Hall–Kier alpha value is -4.23. The molecule has 6 rings (SSSR count). The van der Waals surface area contributed by atoms with Crippen molar-refractivity contribution in [1.82, 2.24) is 9.80 Å². The number of fused-ring (bicyclic) bond motifs is 1. The number of alkyl halides is 3. The lowest BCUT2D eigenvalue weighted by atomic mass is 9.99. The van der Waals surface area contributed by atoms with E-state index in [1.54, 1.807) is 0 Å². The Labute approximate surface area is 339 Å². The molecule has 1 fully saturated rings. The Morgan fingerprint density at radius 1 is 1.09 bits per heavy atom. The quantitative estimate of drug-likeness (QED) is 0.146. The lowest BCUT2D eigenvalue weighted by Crippen LogP contribution is -2.50. The molecule has 1 unspecified atom stereocenters. The number of ether oxygens (including phenoxy) is 1. The molecule has 1 amide bonds. The maximum atomic E-state index is 15.7.